The maximum Gasteiger partial charge on any atom is 0.490 e. The van der Waals surface area contributed by atoms with Crippen LogP contribution in [0.4, 0.5) is 13.2 Å². The minimum absolute atomic E-state index is 0.0506. The van der Waals surface area contributed by atoms with Gasteiger partial charge in [0, 0.05) is 31.7 Å². The van der Waals surface area contributed by atoms with Gasteiger partial charge in [-0.05, 0) is 60.2 Å². The van der Waals surface area contributed by atoms with Gasteiger partial charge in [-0.25, -0.2) is 4.79 Å². The number of rotatable bonds is 3. The molecular weight excluding hydrogens is 421 g/mol. The maximum atomic E-state index is 12.7. The first-order valence-electron chi connectivity index (χ1n) is 9.60. The van der Waals surface area contributed by atoms with Gasteiger partial charge in [-0.15, -0.1) is 0 Å². The van der Waals surface area contributed by atoms with Crippen LogP contribution in [0.2, 0.25) is 0 Å². The number of amides is 1. The van der Waals surface area contributed by atoms with Crippen molar-refractivity contribution in [3.8, 4) is 0 Å². The number of carbonyl (C=O) groups is 2. The van der Waals surface area contributed by atoms with Crippen molar-refractivity contribution in [2.24, 2.45) is 0 Å². The van der Waals surface area contributed by atoms with Crippen LogP contribution in [0, 0.1) is 0 Å². The van der Waals surface area contributed by atoms with Crippen molar-refractivity contribution in [3.63, 3.8) is 0 Å². The van der Waals surface area contributed by atoms with Gasteiger partial charge in [0.15, 0.2) is 5.76 Å². The Morgan fingerprint density at radius 2 is 1.87 bits per heavy atom. The molecule has 1 N–H and O–H groups in total. The molecule has 0 saturated carbocycles. The van der Waals surface area contributed by atoms with Crippen LogP contribution in [0.5, 0.6) is 0 Å². The van der Waals surface area contributed by atoms with E-state index in [1.54, 1.807) is 29.7 Å². The van der Waals surface area contributed by atoms with Crippen molar-refractivity contribution in [1.82, 2.24) is 9.80 Å². The van der Waals surface area contributed by atoms with Gasteiger partial charge in [0.1, 0.15) is 0 Å². The van der Waals surface area contributed by atoms with E-state index in [0.29, 0.717) is 5.76 Å². The predicted octanol–water partition coefficient (Wildman–Crippen LogP) is 4.25. The first kappa shape index (κ1) is 22.4. The zero-order chi connectivity index (χ0) is 21.8. The summed E-state index contributed by atoms with van der Waals surface area (Å²) in [5, 5.41) is 11.5. The minimum atomic E-state index is -5.08. The molecule has 6 nitrogen and oxygen atoms in total. The van der Waals surface area contributed by atoms with E-state index in [1.165, 1.54) is 5.56 Å². The number of carboxylic acid groups (broad SMARTS) is 1. The van der Waals surface area contributed by atoms with Crippen molar-refractivity contribution in [3.05, 3.63) is 46.5 Å². The number of aliphatic carboxylic acids is 1. The van der Waals surface area contributed by atoms with E-state index in [4.69, 9.17) is 14.3 Å². The number of carbonyl (C=O) groups excluding carboxylic acids is 1. The number of furan rings is 1. The van der Waals surface area contributed by atoms with Crippen LogP contribution in [0.3, 0.4) is 0 Å². The molecule has 164 valence electrons. The zero-order valence-electron chi connectivity index (χ0n) is 16.2. The topological polar surface area (TPSA) is 74.0 Å². The van der Waals surface area contributed by atoms with Gasteiger partial charge < -0.3 is 14.4 Å². The summed E-state index contributed by atoms with van der Waals surface area (Å²) in [6, 6.07) is 5.77. The lowest BCUT2D eigenvalue weighted by molar-refractivity contribution is -0.192. The van der Waals surface area contributed by atoms with Crippen molar-refractivity contribution in [2.45, 2.75) is 43.9 Å². The number of alkyl halides is 3. The Kier molecular flexibility index (Phi) is 6.87. The summed E-state index contributed by atoms with van der Waals surface area (Å²) in [6.07, 6.45) is 0.884. The number of halogens is 3. The number of piperidine rings is 1. The van der Waals surface area contributed by atoms with Crippen LogP contribution < -0.4 is 0 Å². The molecular formula is C20H23F3N2O4S. The minimum Gasteiger partial charge on any atom is -0.475 e. The Balaban J connectivity index is 0.000000318. The summed E-state index contributed by atoms with van der Waals surface area (Å²) >= 11 is 1.76. The van der Waals surface area contributed by atoms with E-state index >= 15 is 0 Å². The smallest absolute Gasteiger partial charge is 0.475 e. The molecule has 2 aliphatic heterocycles. The van der Waals surface area contributed by atoms with E-state index in [2.05, 4.69) is 26.6 Å². The van der Waals surface area contributed by atoms with E-state index in [-0.39, 0.29) is 11.4 Å². The molecule has 0 bridgehead atoms. The Morgan fingerprint density at radius 1 is 1.17 bits per heavy atom. The zero-order valence-corrected chi connectivity index (χ0v) is 17.0. The van der Waals surface area contributed by atoms with Crippen molar-refractivity contribution in [1.29, 1.82) is 0 Å². The second kappa shape index (κ2) is 9.22. The number of thiophene rings is 1. The molecule has 0 unspecified atom stereocenters. The van der Waals surface area contributed by atoms with Crippen molar-refractivity contribution in [2.75, 3.05) is 19.6 Å². The van der Waals surface area contributed by atoms with Crippen LogP contribution >= 0.6 is 11.3 Å². The second-order valence-corrected chi connectivity index (χ2v) is 8.25. The van der Waals surface area contributed by atoms with Crippen LogP contribution in [0.25, 0.3) is 0 Å². The van der Waals surface area contributed by atoms with Crippen molar-refractivity contribution < 1.29 is 32.3 Å². The summed E-state index contributed by atoms with van der Waals surface area (Å²) in [6.45, 7) is 4.03. The molecule has 2 aliphatic rings. The molecule has 0 radical (unpaired) electrons. The SMILES string of the molecule is O=C(O)C(F)(F)F.O=C(c1ccco1)N1CCCC12CCN(Cc1ccsc1)CC2. The fourth-order valence-electron chi connectivity index (χ4n) is 4.08. The van der Waals surface area contributed by atoms with Gasteiger partial charge in [-0.2, -0.15) is 24.5 Å². The third-order valence-corrected chi connectivity index (χ3v) is 6.32. The standard InChI is InChI=1S/C18H22N2O2S.C2HF3O2/c21-17(16-3-1-11-22-16)20-8-2-5-18(20)6-9-19(10-7-18)13-15-4-12-23-14-15;3-2(4,5)1(6)7/h1,3-4,11-12,14H,2,5-10,13H2;(H,6,7). The number of nitrogens with zero attached hydrogens (tertiary/aromatic N) is 2. The molecule has 2 saturated heterocycles. The van der Waals surface area contributed by atoms with E-state index in [9.17, 15) is 18.0 Å². The molecule has 1 spiro atoms. The molecule has 2 aromatic heterocycles. The van der Waals surface area contributed by atoms with Crippen LogP contribution in [-0.4, -0.2) is 58.1 Å². The number of likely N-dealkylation sites (tertiary alicyclic amines) is 2. The summed E-state index contributed by atoms with van der Waals surface area (Å²) in [5.41, 5.74) is 1.45. The molecule has 1 amide bonds. The summed E-state index contributed by atoms with van der Waals surface area (Å²) in [7, 11) is 0. The molecule has 2 aromatic rings. The third kappa shape index (κ3) is 5.23. The lowest BCUT2D eigenvalue weighted by atomic mass is 9.84. The van der Waals surface area contributed by atoms with E-state index in [1.807, 2.05) is 0 Å². The fourth-order valence-corrected chi connectivity index (χ4v) is 4.74. The summed E-state index contributed by atoms with van der Waals surface area (Å²) in [5.74, 6) is -2.21. The Bertz CT molecular complexity index is 829. The molecule has 30 heavy (non-hydrogen) atoms. The molecule has 0 aromatic carbocycles. The molecule has 0 atom stereocenters. The predicted molar refractivity (Wildman–Crippen MR) is 104 cm³/mol. The van der Waals surface area contributed by atoms with Gasteiger partial charge >= 0.3 is 12.1 Å². The summed E-state index contributed by atoms with van der Waals surface area (Å²) in [4.78, 5) is 26.2. The highest BCUT2D eigenvalue weighted by Crippen LogP contribution is 2.39. The lowest BCUT2D eigenvalue weighted by Crippen LogP contribution is -2.53. The van der Waals surface area contributed by atoms with Crippen LogP contribution in [0.15, 0.2) is 39.6 Å². The van der Waals surface area contributed by atoms with Gasteiger partial charge in [0.25, 0.3) is 5.91 Å². The van der Waals surface area contributed by atoms with E-state index < -0.39 is 12.1 Å². The molecule has 0 aliphatic carbocycles. The normalized spacial score (nSPS) is 18.8. The third-order valence-electron chi connectivity index (χ3n) is 5.59. The molecule has 4 heterocycles. The number of hydrogen-bond donors (Lipinski definition) is 1. The first-order chi connectivity index (χ1) is 14.2. The second-order valence-electron chi connectivity index (χ2n) is 7.47. The quantitative estimate of drug-likeness (QED) is 0.766. The average molecular weight is 444 g/mol. The van der Waals surface area contributed by atoms with Gasteiger partial charge in [0.2, 0.25) is 0 Å². The van der Waals surface area contributed by atoms with E-state index in [0.717, 1.165) is 51.9 Å². The van der Waals surface area contributed by atoms with Crippen LogP contribution in [-0.2, 0) is 11.3 Å². The number of carboxylic acids is 1. The van der Waals surface area contributed by atoms with Crippen LogP contribution in [0.1, 0.15) is 41.8 Å². The molecule has 10 heteroatoms. The maximum absolute atomic E-state index is 12.7. The Hall–Kier alpha value is -2.33. The lowest BCUT2D eigenvalue weighted by Gasteiger charge is -2.44. The fraction of sp³-hybridized carbons (Fsp3) is 0.500. The average Bonchev–Trinajstić information content (AvgIpc) is 3.45. The highest BCUT2D eigenvalue weighted by Gasteiger charge is 2.46. The molecule has 2 fully saturated rings. The van der Waals surface area contributed by atoms with Gasteiger partial charge in [-0.3, -0.25) is 9.69 Å². The highest BCUT2D eigenvalue weighted by atomic mass is 32.1. The monoisotopic (exact) mass is 444 g/mol. The first-order valence-corrected chi connectivity index (χ1v) is 10.5. The van der Waals surface area contributed by atoms with Gasteiger partial charge in [-0.1, -0.05) is 0 Å². The Morgan fingerprint density at radius 3 is 2.40 bits per heavy atom. The highest BCUT2D eigenvalue weighted by molar-refractivity contribution is 7.07. The van der Waals surface area contributed by atoms with Crippen molar-refractivity contribution >= 4 is 23.2 Å². The largest absolute Gasteiger partial charge is 0.490 e. The Labute approximate surface area is 175 Å². The molecule has 4 rings (SSSR count). The number of hydrogen-bond acceptors (Lipinski definition) is 5. The van der Waals surface area contributed by atoms with Gasteiger partial charge in [0.05, 0.1) is 6.26 Å². The summed E-state index contributed by atoms with van der Waals surface area (Å²) < 4.78 is 37.1.